The summed E-state index contributed by atoms with van der Waals surface area (Å²) < 4.78 is 30.4. The predicted molar refractivity (Wildman–Crippen MR) is 116 cm³/mol. The van der Waals surface area contributed by atoms with E-state index in [0.29, 0.717) is 21.6 Å². The van der Waals surface area contributed by atoms with E-state index in [-0.39, 0.29) is 11.4 Å². The quantitative estimate of drug-likeness (QED) is 0.557. The molecule has 6 heteroatoms. The van der Waals surface area contributed by atoms with Gasteiger partial charge in [-0.15, -0.1) is 0 Å². The molecule has 0 bridgehead atoms. The van der Waals surface area contributed by atoms with Gasteiger partial charge in [-0.3, -0.25) is 9.78 Å². The Bertz CT molecular complexity index is 1330. The minimum absolute atomic E-state index is 0.204. The van der Waals surface area contributed by atoms with Gasteiger partial charge in [0.25, 0.3) is 5.91 Å². The van der Waals surface area contributed by atoms with Crippen molar-refractivity contribution < 1.29 is 13.4 Å². The van der Waals surface area contributed by atoms with E-state index in [9.17, 15) is 13.4 Å². The number of aryl methyl sites for hydroxylation is 3. The number of carbonyl (C=O) groups is 1. The van der Waals surface area contributed by atoms with Crippen molar-refractivity contribution in [1.29, 1.82) is 0 Å². The monoisotopic (exact) mass is 420 g/mol. The number of amides is 1. The maximum atomic E-state index is 13.4. The van der Waals surface area contributed by atoms with Crippen molar-refractivity contribution in [3.05, 3.63) is 94.1 Å². The molecule has 0 saturated carbocycles. The lowest BCUT2D eigenvalue weighted by atomic mass is 10.1. The Morgan fingerprint density at radius 1 is 0.933 bits per heavy atom. The van der Waals surface area contributed by atoms with Crippen LogP contribution in [0.5, 0.6) is 0 Å². The Labute approximate surface area is 176 Å². The van der Waals surface area contributed by atoms with Crippen molar-refractivity contribution in [2.45, 2.75) is 25.7 Å². The highest BCUT2D eigenvalue weighted by Crippen LogP contribution is 2.17. The van der Waals surface area contributed by atoms with Gasteiger partial charge >= 0.3 is 0 Å². The summed E-state index contributed by atoms with van der Waals surface area (Å²) in [6.07, 6.45) is 4.34. The SMILES string of the molecule is Cc1ccc(S(C)(=O)=NC(=O)c2cncc(C#Cc3ccc(F)c(C)c3)c2)cc1C. The van der Waals surface area contributed by atoms with Crippen molar-refractivity contribution in [2.24, 2.45) is 4.36 Å². The summed E-state index contributed by atoms with van der Waals surface area (Å²) in [6, 6.07) is 11.5. The van der Waals surface area contributed by atoms with Gasteiger partial charge in [-0.05, 0) is 73.9 Å². The highest BCUT2D eigenvalue weighted by atomic mass is 32.2. The molecule has 1 atom stereocenters. The average Bonchev–Trinajstić information content (AvgIpc) is 2.70. The van der Waals surface area contributed by atoms with E-state index < -0.39 is 15.6 Å². The third-order valence-corrected chi connectivity index (χ3v) is 6.31. The summed E-state index contributed by atoms with van der Waals surface area (Å²) in [5.74, 6) is 4.93. The molecule has 4 nitrogen and oxygen atoms in total. The molecule has 152 valence electrons. The third-order valence-electron chi connectivity index (χ3n) is 4.67. The predicted octanol–water partition coefficient (Wildman–Crippen LogP) is 4.84. The zero-order valence-corrected chi connectivity index (χ0v) is 18.0. The second-order valence-corrected chi connectivity index (χ2v) is 9.38. The molecule has 1 unspecified atom stereocenters. The molecule has 1 aromatic heterocycles. The van der Waals surface area contributed by atoms with E-state index in [1.54, 1.807) is 37.3 Å². The zero-order valence-electron chi connectivity index (χ0n) is 17.2. The van der Waals surface area contributed by atoms with Crippen LogP contribution in [0.25, 0.3) is 0 Å². The van der Waals surface area contributed by atoms with Crippen LogP contribution in [0.3, 0.4) is 0 Å². The van der Waals surface area contributed by atoms with Gasteiger partial charge in [0, 0.05) is 34.7 Å². The molecule has 3 rings (SSSR count). The van der Waals surface area contributed by atoms with Gasteiger partial charge in [-0.25, -0.2) is 8.60 Å². The fraction of sp³-hybridized carbons (Fsp3) is 0.167. The second kappa shape index (κ2) is 8.60. The van der Waals surface area contributed by atoms with Crippen LogP contribution < -0.4 is 0 Å². The van der Waals surface area contributed by atoms with Gasteiger partial charge in [-0.1, -0.05) is 17.9 Å². The number of hydrogen-bond acceptors (Lipinski definition) is 3. The average molecular weight is 421 g/mol. The first-order valence-corrected chi connectivity index (χ1v) is 11.1. The minimum Gasteiger partial charge on any atom is -0.266 e. The fourth-order valence-electron chi connectivity index (χ4n) is 2.71. The van der Waals surface area contributed by atoms with Crippen molar-refractivity contribution in [3.8, 4) is 11.8 Å². The van der Waals surface area contributed by atoms with Crippen molar-refractivity contribution in [3.63, 3.8) is 0 Å². The van der Waals surface area contributed by atoms with Crippen LogP contribution in [0.4, 0.5) is 4.39 Å². The Hall–Kier alpha value is -3.30. The lowest BCUT2D eigenvalue weighted by molar-refractivity contribution is 0.100. The van der Waals surface area contributed by atoms with Crippen LogP contribution in [-0.2, 0) is 9.73 Å². The number of aromatic nitrogens is 1. The van der Waals surface area contributed by atoms with E-state index in [1.807, 2.05) is 19.9 Å². The fourth-order valence-corrected chi connectivity index (χ4v) is 3.95. The van der Waals surface area contributed by atoms with Crippen LogP contribution >= 0.6 is 0 Å². The van der Waals surface area contributed by atoms with Crippen LogP contribution in [0, 0.1) is 38.4 Å². The van der Waals surface area contributed by atoms with Gasteiger partial charge in [0.2, 0.25) is 0 Å². The summed E-state index contributed by atoms with van der Waals surface area (Å²) in [7, 11) is -2.90. The normalized spacial score (nSPS) is 12.4. The Balaban J connectivity index is 1.90. The van der Waals surface area contributed by atoms with E-state index in [1.165, 1.54) is 24.7 Å². The molecule has 30 heavy (non-hydrogen) atoms. The maximum Gasteiger partial charge on any atom is 0.286 e. The molecule has 1 amide bonds. The van der Waals surface area contributed by atoms with Crippen LogP contribution in [0.2, 0.25) is 0 Å². The molecule has 0 aliphatic carbocycles. The molecule has 0 N–H and O–H groups in total. The molecule has 3 aromatic rings. The molecule has 0 aliphatic heterocycles. The Morgan fingerprint density at radius 3 is 2.37 bits per heavy atom. The molecule has 0 aliphatic rings. The number of pyridine rings is 1. The van der Waals surface area contributed by atoms with Gasteiger partial charge in [0.05, 0.1) is 15.3 Å². The summed E-state index contributed by atoms with van der Waals surface area (Å²) in [5.41, 5.74) is 3.93. The van der Waals surface area contributed by atoms with Crippen molar-refractivity contribution in [2.75, 3.05) is 6.26 Å². The lowest BCUT2D eigenvalue weighted by Crippen LogP contribution is -2.05. The molecular weight excluding hydrogens is 399 g/mol. The summed E-state index contributed by atoms with van der Waals surface area (Å²) in [6.45, 7) is 5.55. The zero-order chi connectivity index (χ0) is 21.9. The number of benzene rings is 2. The summed E-state index contributed by atoms with van der Waals surface area (Å²) >= 11 is 0. The molecule has 0 saturated heterocycles. The Kier molecular flexibility index (Phi) is 6.14. The van der Waals surface area contributed by atoms with E-state index in [4.69, 9.17) is 0 Å². The standard InChI is InChI=1S/C24H21FN2O2S/c1-16-5-9-22(12-17(16)2)30(4,29)27-24(28)21-13-20(14-26-15-21)7-6-19-8-10-23(25)18(3)11-19/h5,8-15H,1-4H3. The highest BCUT2D eigenvalue weighted by molar-refractivity contribution is 7.93. The number of hydrogen-bond donors (Lipinski definition) is 0. The molecule has 1 heterocycles. The number of nitrogens with zero attached hydrogens (tertiary/aromatic N) is 2. The van der Waals surface area contributed by atoms with Crippen molar-refractivity contribution in [1.82, 2.24) is 4.98 Å². The van der Waals surface area contributed by atoms with Crippen molar-refractivity contribution >= 4 is 15.6 Å². The minimum atomic E-state index is -2.90. The van der Waals surface area contributed by atoms with Crippen LogP contribution in [-0.4, -0.2) is 21.4 Å². The first kappa shape index (κ1) is 21.4. The lowest BCUT2D eigenvalue weighted by Gasteiger charge is -2.07. The van der Waals surface area contributed by atoms with E-state index >= 15 is 0 Å². The third kappa shape index (κ3) is 5.00. The number of carbonyl (C=O) groups excluding carboxylic acids is 1. The first-order chi connectivity index (χ1) is 14.2. The van der Waals surface area contributed by atoms with Gasteiger partial charge in [-0.2, -0.15) is 4.36 Å². The van der Waals surface area contributed by atoms with Crippen LogP contribution in [0.15, 0.2) is 64.1 Å². The topological polar surface area (TPSA) is 59.4 Å². The van der Waals surface area contributed by atoms with Gasteiger partial charge < -0.3 is 0 Å². The van der Waals surface area contributed by atoms with E-state index in [0.717, 1.165) is 11.1 Å². The second-order valence-electron chi connectivity index (χ2n) is 7.12. The Morgan fingerprint density at radius 2 is 1.67 bits per heavy atom. The summed E-state index contributed by atoms with van der Waals surface area (Å²) in [5, 5.41) is 0. The van der Waals surface area contributed by atoms with Crippen LogP contribution in [0.1, 0.15) is 38.2 Å². The van der Waals surface area contributed by atoms with E-state index in [2.05, 4.69) is 21.2 Å². The largest absolute Gasteiger partial charge is 0.286 e. The highest BCUT2D eigenvalue weighted by Gasteiger charge is 2.13. The molecule has 2 aromatic carbocycles. The number of halogens is 1. The molecule has 0 fully saturated rings. The molecule has 0 radical (unpaired) electrons. The number of rotatable bonds is 2. The maximum absolute atomic E-state index is 13.4. The van der Waals surface area contributed by atoms with Gasteiger partial charge in [0.15, 0.2) is 0 Å². The smallest absolute Gasteiger partial charge is 0.266 e. The first-order valence-electron chi connectivity index (χ1n) is 9.23. The molecular formula is C24H21FN2O2S. The van der Waals surface area contributed by atoms with Gasteiger partial charge in [0.1, 0.15) is 5.82 Å². The summed E-state index contributed by atoms with van der Waals surface area (Å²) in [4.78, 5) is 17.2. The molecule has 0 spiro atoms.